The maximum Gasteiger partial charge on any atom is 0.157 e. The van der Waals surface area contributed by atoms with Crippen molar-refractivity contribution in [3.63, 3.8) is 0 Å². The molecule has 0 atom stereocenters. The lowest BCUT2D eigenvalue weighted by Crippen LogP contribution is -2.18. The average Bonchev–Trinajstić information content (AvgIpc) is 1.91. The Morgan fingerprint density at radius 1 is 1.25 bits per heavy atom. The van der Waals surface area contributed by atoms with Crippen LogP contribution in [0.2, 0.25) is 0 Å². The van der Waals surface area contributed by atoms with Crippen molar-refractivity contribution in [1.82, 2.24) is 0 Å². The number of halogens is 1. The maximum absolute atomic E-state index is 8.99. The van der Waals surface area contributed by atoms with E-state index in [2.05, 4.69) is 15.9 Å². The first kappa shape index (κ1) is 9.39. The molecule has 0 aliphatic heterocycles. The summed E-state index contributed by atoms with van der Waals surface area (Å²) in [6.45, 7) is 3.81. The van der Waals surface area contributed by atoms with Crippen molar-refractivity contribution in [2.24, 2.45) is 0 Å². The highest BCUT2D eigenvalue weighted by atomic mass is 79.9. The molecule has 0 bridgehead atoms. The molecule has 66 valence electrons. The van der Waals surface area contributed by atoms with Crippen molar-refractivity contribution in [3.8, 4) is 11.5 Å². The van der Waals surface area contributed by atoms with E-state index in [9.17, 15) is 0 Å². The molecule has 2 nitrogen and oxygen atoms in total. The first-order chi connectivity index (χ1) is 5.47. The van der Waals surface area contributed by atoms with E-state index in [0.717, 1.165) is 5.75 Å². The predicted molar refractivity (Wildman–Crippen MR) is 51.7 cm³/mol. The summed E-state index contributed by atoms with van der Waals surface area (Å²) in [5.74, 6) is 0.976. The van der Waals surface area contributed by atoms with E-state index in [4.69, 9.17) is 9.84 Å². The molecule has 1 N–H and O–H groups in total. The van der Waals surface area contributed by atoms with Gasteiger partial charge in [-0.1, -0.05) is 0 Å². The van der Waals surface area contributed by atoms with Gasteiger partial charge in [-0.05, 0) is 54.0 Å². The highest BCUT2D eigenvalue weighted by Crippen LogP contribution is 2.24. The van der Waals surface area contributed by atoms with Crippen LogP contribution in [0.5, 0.6) is 11.5 Å². The minimum absolute atomic E-state index is 0.245. The molecule has 3 heteroatoms. The quantitative estimate of drug-likeness (QED) is 0.793. The molecular weight excluding hydrogens is 220 g/mol. The van der Waals surface area contributed by atoms with Crippen molar-refractivity contribution in [2.45, 2.75) is 18.4 Å². The molecule has 0 aromatic heterocycles. The molecule has 0 radical (unpaired) electrons. The van der Waals surface area contributed by atoms with E-state index >= 15 is 0 Å². The number of phenolic OH excluding ortho intramolecular Hbond substituents is 1. The highest BCUT2D eigenvalue weighted by molar-refractivity contribution is 9.10. The van der Waals surface area contributed by atoms with Gasteiger partial charge in [0.2, 0.25) is 0 Å². The Hall–Kier alpha value is -0.700. The first-order valence-corrected chi connectivity index (χ1v) is 4.44. The van der Waals surface area contributed by atoms with Crippen molar-refractivity contribution >= 4 is 15.9 Å². The summed E-state index contributed by atoms with van der Waals surface area (Å²) in [5, 5.41) is 8.99. The van der Waals surface area contributed by atoms with Gasteiger partial charge in [-0.3, -0.25) is 0 Å². The second-order valence-corrected chi connectivity index (χ2v) is 4.87. The molecule has 0 aliphatic rings. The minimum Gasteiger partial charge on any atom is -0.508 e. The molecule has 0 saturated heterocycles. The molecule has 12 heavy (non-hydrogen) atoms. The lowest BCUT2D eigenvalue weighted by Gasteiger charge is -2.18. The zero-order valence-electron chi connectivity index (χ0n) is 7.04. The van der Waals surface area contributed by atoms with Gasteiger partial charge in [0.25, 0.3) is 0 Å². The monoisotopic (exact) mass is 230 g/mol. The Balaban J connectivity index is 2.71. The van der Waals surface area contributed by atoms with Crippen molar-refractivity contribution in [1.29, 1.82) is 0 Å². The van der Waals surface area contributed by atoms with E-state index in [1.54, 1.807) is 24.3 Å². The van der Waals surface area contributed by atoms with Crippen molar-refractivity contribution in [3.05, 3.63) is 24.3 Å². The average molecular weight is 231 g/mol. The molecule has 1 rings (SSSR count). The Kier molecular flexibility index (Phi) is 2.62. The lowest BCUT2D eigenvalue weighted by molar-refractivity contribution is 0.214. The van der Waals surface area contributed by atoms with Crippen LogP contribution in [0.3, 0.4) is 0 Å². The normalized spacial score (nSPS) is 11.2. The zero-order chi connectivity index (χ0) is 9.19. The van der Waals surface area contributed by atoms with Crippen molar-refractivity contribution < 1.29 is 9.84 Å². The Bertz CT molecular complexity index is 248. The van der Waals surface area contributed by atoms with Crippen LogP contribution in [0.15, 0.2) is 24.3 Å². The molecule has 0 saturated carbocycles. The third kappa shape index (κ3) is 3.13. The van der Waals surface area contributed by atoms with Crippen LogP contribution >= 0.6 is 15.9 Å². The SMILES string of the molecule is CC(C)(Br)Oc1ccc(O)cc1. The fourth-order valence-electron chi connectivity index (χ4n) is 0.794. The van der Waals surface area contributed by atoms with Gasteiger partial charge in [-0.2, -0.15) is 0 Å². The van der Waals surface area contributed by atoms with E-state index in [0.29, 0.717) is 0 Å². The number of benzene rings is 1. The second-order valence-electron chi connectivity index (χ2n) is 2.96. The highest BCUT2D eigenvalue weighted by Gasteiger charge is 2.13. The molecule has 0 aliphatic carbocycles. The Morgan fingerprint density at radius 2 is 1.75 bits per heavy atom. The number of aromatic hydroxyl groups is 1. The summed E-state index contributed by atoms with van der Waals surface area (Å²) in [6.07, 6.45) is 0. The summed E-state index contributed by atoms with van der Waals surface area (Å²) in [4.78, 5) is 0. The molecule has 0 fully saturated rings. The summed E-state index contributed by atoms with van der Waals surface area (Å²) >= 11 is 3.35. The van der Waals surface area contributed by atoms with Gasteiger partial charge in [0.1, 0.15) is 11.5 Å². The fourth-order valence-corrected chi connectivity index (χ4v) is 0.981. The molecule has 0 unspecified atom stereocenters. The molecule has 0 heterocycles. The van der Waals surface area contributed by atoms with Crippen LogP contribution in [-0.4, -0.2) is 9.62 Å². The van der Waals surface area contributed by atoms with Crippen molar-refractivity contribution in [2.75, 3.05) is 0 Å². The van der Waals surface area contributed by atoms with Gasteiger partial charge in [0.15, 0.2) is 4.51 Å². The number of hydrogen-bond donors (Lipinski definition) is 1. The van der Waals surface area contributed by atoms with Gasteiger partial charge in [0.05, 0.1) is 0 Å². The van der Waals surface area contributed by atoms with E-state index in [1.807, 2.05) is 13.8 Å². The summed E-state index contributed by atoms with van der Waals surface area (Å²) < 4.78 is 5.09. The van der Waals surface area contributed by atoms with Crippen LogP contribution in [-0.2, 0) is 0 Å². The smallest absolute Gasteiger partial charge is 0.157 e. The first-order valence-electron chi connectivity index (χ1n) is 3.64. The maximum atomic E-state index is 8.99. The number of ether oxygens (including phenoxy) is 1. The molecule has 0 amide bonds. The van der Waals surface area contributed by atoms with Crippen LogP contribution < -0.4 is 4.74 Å². The number of hydrogen-bond acceptors (Lipinski definition) is 2. The lowest BCUT2D eigenvalue weighted by atomic mass is 10.3. The van der Waals surface area contributed by atoms with E-state index in [1.165, 1.54) is 0 Å². The number of rotatable bonds is 2. The van der Waals surface area contributed by atoms with Gasteiger partial charge >= 0.3 is 0 Å². The molecule has 1 aromatic carbocycles. The topological polar surface area (TPSA) is 29.5 Å². The largest absolute Gasteiger partial charge is 0.508 e. The minimum atomic E-state index is -0.371. The van der Waals surface area contributed by atoms with Crippen LogP contribution in [0, 0.1) is 0 Å². The third-order valence-electron chi connectivity index (χ3n) is 1.20. The Labute approximate surface area is 80.3 Å². The van der Waals surface area contributed by atoms with E-state index in [-0.39, 0.29) is 10.3 Å². The molecule has 1 aromatic rings. The van der Waals surface area contributed by atoms with Crippen LogP contribution in [0.1, 0.15) is 13.8 Å². The summed E-state index contributed by atoms with van der Waals surface area (Å²) in [5.41, 5.74) is 0. The number of phenols is 1. The standard InChI is InChI=1S/C9H11BrO2/c1-9(2,10)12-8-5-3-7(11)4-6-8/h3-6,11H,1-2H3. The number of alkyl halides is 1. The third-order valence-corrected chi connectivity index (χ3v) is 1.36. The van der Waals surface area contributed by atoms with Gasteiger partial charge in [0, 0.05) is 0 Å². The van der Waals surface area contributed by atoms with Gasteiger partial charge in [-0.15, -0.1) is 0 Å². The summed E-state index contributed by atoms with van der Waals surface area (Å²) in [6, 6.07) is 6.62. The predicted octanol–water partition coefficient (Wildman–Crippen LogP) is 2.90. The molecule has 0 spiro atoms. The zero-order valence-corrected chi connectivity index (χ0v) is 8.63. The van der Waals surface area contributed by atoms with Crippen LogP contribution in [0.4, 0.5) is 0 Å². The van der Waals surface area contributed by atoms with Gasteiger partial charge < -0.3 is 9.84 Å². The summed E-state index contributed by atoms with van der Waals surface area (Å²) in [7, 11) is 0. The molecular formula is C9H11BrO2. The second kappa shape index (κ2) is 3.35. The van der Waals surface area contributed by atoms with E-state index < -0.39 is 0 Å². The van der Waals surface area contributed by atoms with Crippen LogP contribution in [0.25, 0.3) is 0 Å². The van der Waals surface area contributed by atoms with Gasteiger partial charge in [-0.25, -0.2) is 0 Å². The Morgan fingerprint density at radius 3 is 2.17 bits per heavy atom. The fraction of sp³-hybridized carbons (Fsp3) is 0.333.